The van der Waals surface area contributed by atoms with Crippen LogP contribution in [0, 0.1) is 0 Å². The molecular weight excluding hydrogens is 368 g/mol. The van der Waals surface area contributed by atoms with Gasteiger partial charge in [0.1, 0.15) is 6.61 Å². The molecule has 1 aliphatic carbocycles. The second-order valence-corrected chi connectivity index (χ2v) is 6.77. The zero-order valence-electron chi connectivity index (χ0n) is 16.1. The maximum absolute atomic E-state index is 12.3. The molecule has 7 nitrogen and oxygen atoms in total. The lowest BCUT2D eigenvalue weighted by atomic mass is 10.2. The number of fused-ring (bicyclic) bond motifs is 1. The standard InChI is InChI=1S/C22H22N4O3/c1-28-20-12-16(10-11-19(20)29-14-15-6-3-2-4-7-15)13-23-26-22(27)21-17-8-5-9-18(17)24-25-21/h2-4,6-7,10-13H,5,8-9,14H2,1H3,(H,24,25)(H,26,27)/b23-13+. The third-order valence-corrected chi connectivity index (χ3v) is 4.83. The Hall–Kier alpha value is -3.61. The highest BCUT2D eigenvalue weighted by Crippen LogP contribution is 2.28. The minimum absolute atomic E-state index is 0.310. The molecule has 0 saturated carbocycles. The maximum Gasteiger partial charge on any atom is 0.292 e. The van der Waals surface area contributed by atoms with Crippen molar-refractivity contribution in [3.63, 3.8) is 0 Å². The Morgan fingerprint density at radius 2 is 2.07 bits per heavy atom. The Bertz CT molecular complexity index is 1030. The molecule has 0 bridgehead atoms. The first-order valence-electron chi connectivity index (χ1n) is 9.49. The van der Waals surface area contributed by atoms with Crippen LogP contribution in [0.2, 0.25) is 0 Å². The van der Waals surface area contributed by atoms with E-state index in [-0.39, 0.29) is 5.91 Å². The summed E-state index contributed by atoms with van der Waals surface area (Å²) in [5.41, 5.74) is 6.87. The van der Waals surface area contributed by atoms with Crippen LogP contribution in [-0.2, 0) is 19.4 Å². The summed E-state index contributed by atoms with van der Waals surface area (Å²) in [7, 11) is 1.59. The SMILES string of the molecule is COc1cc(/C=N/NC(=O)c2n[nH]c3c2CCC3)ccc1OCc1ccccc1. The number of carbonyl (C=O) groups excluding carboxylic acids is 1. The van der Waals surface area contributed by atoms with Gasteiger partial charge in [0.25, 0.3) is 5.91 Å². The Labute approximate surface area is 168 Å². The lowest BCUT2D eigenvalue weighted by Crippen LogP contribution is -2.19. The van der Waals surface area contributed by atoms with Gasteiger partial charge in [0, 0.05) is 11.3 Å². The second kappa shape index (κ2) is 8.60. The van der Waals surface area contributed by atoms with Crippen LogP contribution in [0.3, 0.4) is 0 Å². The van der Waals surface area contributed by atoms with Crippen molar-refractivity contribution in [2.45, 2.75) is 25.9 Å². The van der Waals surface area contributed by atoms with Crippen LogP contribution in [0.1, 0.15) is 39.3 Å². The van der Waals surface area contributed by atoms with Crippen molar-refractivity contribution in [1.82, 2.24) is 15.6 Å². The van der Waals surface area contributed by atoms with Crippen LogP contribution in [0.15, 0.2) is 53.6 Å². The van der Waals surface area contributed by atoms with E-state index in [0.29, 0.717) is 23.8 Å². The van der Waals surface area contributed by atoms with Crippen LogP contribution >= 0.6 is 0 Å². The number of amides is 1. The number of hydrazone groups is 1. The number of nitrogens with one attached hydrogen (secondary N) is 2. The molecule has 0 saturated heterocycles. The van der Waals surface area contributed by atoms with Crippen molar-refractivity contribution in [2.75, 3.05) is 7.11 Å². The molecular formula is C22H22N4O3. The van der Waals surface area contributed by atoms with E-state index in [1.165, 1.54) is 0 Å². The van der Waals surface area contributed by atoms with Crippen LogP contribution < -0.4 is 14.9 Å². The summed E-state index contributed by atoms with van der Waals surface area (Å²) >= 11 is 0. The highest BCUT2D eigenvalue weighted by molar-refractivity contribution is 5.94. The predicted octanol–water partition coefficient (Wildman–Crippen LogP) is 3.25. The van der Waals surface area contributed by atoms with E-state index in [9.17, 15) is 4.79 Å². The smallest absolute Gasteiger partial charge is 0.292 e. The molecule has 0 atom stereocenters. The van der Waals surface area contributed by atoms with Gasteiger partial charge in [-0.2, -0.15) is 10.2 Å². The number of methoxy groups -OCH3 is 1. The monoisotopic (exact) mass is 390 g/mol. The van der Waals surface area contributed by atoms with Gasteiger partial charge >= 0.3 is 0 Å². The van der Waals surface area contributed by atoms with Crippen LogP contribution in [0.25, 0.3) is 0 Å². The fourth-order valence-electron chi connectivity index (χ4n) is 3.34. The van der Waals surface area contributed by atoms with Gasteiger partial charge < -0.3 is 9.47 Å². The number of aryl methyl sites for hydroxylation is 1. The van der Waals surface area contributed by atoms with Crippen LogP contribution in [0.5, 0.6) is 11.5 Å². The van der Waals surface area contributed by atoms with Gasteiger partial charge in [0.05, 0.1) is 13.3 Å². The molecule has 2 N–H and O–H groups in total. The van der Waals surface area contributed by atoms with Crippen molar-refractivity contribution < 1.29 is 14.3 Å². The fourth-order valence-corrected chi connectivity index (χ4v) is 3.34. The molecule has 29 heavy (non-hydrogen) atoms. The molecule has 3 aromatic rings. The summed E-state index contributed by atoms with van der Waals surface area (Å²) in [5, 5.41) is 11.1. The molecule has 4 rings (SSSR count). The van der Waals surface area contributed by atoms with E-state index in [1.54, 1.807) is 13.3 Å². The van der Waals surface area contributed by atoms with E-state index in [2.05, 4.69) is 20.7 Å². The third kappa shape index (κ3) is 4.29. The zero-order chi connectivity index (χ0) is 20.1. The molecule has 0 fully saturated rings. The van der Waals surface area contributed by atoms with Crippen molar-refractivity contribution >= 4 is 12.1 Å². The number of hydrogen-bond acceptors (Lipinski definition) is 5. The first-order valence-corrected chi connectivity index (χ1v) is 9.49. The summed E-state index contributed by atoms with van der Waals surface area (Å²) in [6, 6.07) is 15.4. The Balaban J connectivity index is 1.38. The molecule has 148 valence electrons. The maximum atomic E-state index is 12.3. The zero-order valence-corrected chi connectivity index (χ0v) is 16.1. The van der Waals surface area contributed by atoms with Crippen LogP contribution in [0.4, 0.5) is 0 Å². The van der Waals surface area contributed by atoms with Crippen molar-refractivity contribution in [1.29, 1.82) is 0 Å². The third-order valence-electron chi connectivity index (χ3n) is 4.83. The van der Waals surface area contributed by atoms with Crippen molar-refractivity contribution in [3.05, 3.63) is 76.6 Å². The average Bonchev–Trinajstić information content (AvgIpc) is 3.37. The molecule has 0 unspecified atom stereocenters. The number of nitrogens with zero attached hydrogens (tertiary/aromatic N) is 2. The number of H-pyrrole nitrogens is 1. The largest absolute Gasteiger partial charge is 0.493 e. The summed E-state index contributed by atoms with van der Waals surface area (Å²) in [4.78, 5) is 12.3. The number of carbonyl (C=O) groups is 1. The predicted molar refractivity (Wildman–Crippen MR) is 109 cm³/mol. The lowest BCUT2D eigenvalue weighted by Gasteiger charge is -2.11. The van der Waals surface area contributed by atoms with Gasteiger partial charge in [-0.25, -0.2) is 5.43 Å². The quantitative estimate of drug-likeness (QED) is 0.479. The van der Waals surface area contributed by atoms with Gasteiger partial charge in [-0.15, -0.1) is 0 Å². The number of ether oxygens (including phenoxy) is 2. The van der Waals surface area contributed by atoms with Gasteiger partial charge in [0.15, 0.2) is 17.2 Å². The highest BCUT2D eigenvalue weighted by atomic mass is 16.5. The van der Waals surface area contributed by atoms with Crippen molar-refractivity contribution in [3.8, 4) is 11.5 Å². The first-order chi connectivity index (χ1) is 14.2. The minimum atomic E-state index is -0.310. The summed E-state index contributed by atoms with van der Waals surface area (Å²) in [6.45, 7) is 0.453. The first kappa shape index (κ1) is 18.7. The molecule has 0 radical (unpaired) electrons. The van der Waals surface area contributed by atoms with E-state index < -0.39 is 0 Å². The van der Waals surface area contributed by atoms with Crippen LogP contribution in [-0.4, -0.2) is 29.4 Å². The fraction of sp³-hybridized carbons (Fsp3) is 0.227. The van der Waals surface area contributed by atoms with E-state index in [1.807, 2.05) is 48.5 Å². The number of benzene rings is 2. The minimum Gasteiger partial charge on any atom is -0.493 e. The number of rotatable bonds is 7. The summed E-state index contributed by atoms with van der Waals surface area (Å²) in [5.74, 6) is 0.932. The van der Waals surface area contributed by atoms with Gasteiger partial charge in [-0.3, -0.25) is 9.89 Å². The van der Waals surface area contributed by atoms with E-state index in [4.69, 9.17) is 9.47 Å². The Morgan fingerprint density at radius 3 is 2.90 bits per heavy atom. The van der Waals surface area contributed by atoms with E-state index >= 15 is 0 Å². The molecule has 1 aliphatic rings. The molecule has 0 aliphatic heterocycles. The summed E-state index contributed by atoms with van der Waals surface area (Å²) < 4.78 is 11.3. The molecule has 2 aromatic carbocycles. The van der Waals surface area contributed by atoms with Gasteiger partial charge in [0.2, 0.25) is 0 Å². The van der Waals surface area contributed by atoms with E-state index in [0.717, 1.165) is 41.6 Å². The number of hydrogen-bond donors (Lipinski definition) is 2. The molecule has 1 aromatic heterocycles. The van der Waals surface area contributed by atoms with Crippen molar-refractivity contribution in [2.24, 2.45) is 5.10 Å². The Kier molecular flexibility index (Phi) is 5.56. The normalized spacial score (nSPS) is 12.7. The average molecular weight is 390 g/mol. The number of aromatic amines is 1. The second-order valence-electron chi connectivity index (χ2n) is 6.77. The molecule has 1 amide bonds. The molecule has 1 heterocycles. The van der Waals surface area contributed by atoms with Gasteiger partial charge in [-0.1, -0.05) is 30.3 Å². The summed E-state index contributed by atoms with van der Waals surface area (Å²) in [6.07, 6.45) is 4.43. The lowest BCUT2D eigenvalue weighted by molar-refractivity contribution is 0.0949. The van der Waals surface area contributed by atoms with Gasteiger partial charge in [-0.05, 0) is 48.6 Å². The molecule has 0 spiro atoms. The number of aromatic nitrogens is 2. The topological polar surface area (TPSA) is 88.6 Å². The Morgan fingerprint density at radius 1 is 1.21 bits per heavy atom. The molecule has 7 heteroatoms. The highest BCUT2D eigenvalue weighted by Gasteiger charge is 2.22.